The first-order chi connectivity index (χ1) is 15.2. The Balaban J connectivity index is 2.10. The van der Waals surface area contributed by atoms with Crippen LogP contribution in [0.25, 0.3) is 0 Å². The summed E-state index contributed by atoms with van der Waals surface area (Å²) in [6, 6.07) is 21.6. The number of benzene rings is 3. The first-order valence-corrected chi connectivity index (χ1v) is 13.2. The molecule has 0 aliphatic carbocycles. The van der Waals surface area contributed by atoms with Gasteiger partial charge in [-0.25, -0.2) is 16.8 Å². The zero-order chi connectivity index (χ0) is 23.0. The van der Waals surface area contributed by atoms with Crippen LogP contribution < -0.4 is 5.32 Å². The molecule has 1 heterocycles. The van der Waals surface area contributed by atoms with Crippen LogP contribution in [-0.2, 0) is 24.5 Å². The summed E-state index contributed by atoms with van der Waals surface area (Å²) in [5, 5.41) is 1.24. The number of alkyl halides is 1. The first-order valence-electron chi connectivity index (χ1n) is 9.80. The number of nitrogens with one attached hydrogen (secondary N) is 1. The number of carbonyl (C=O) groups is 1. The van der Waals surface area contributed by atoms with Crippen molar-refractivity contribution in [3.63, 3.8) is 0 Å². The highest BCUT2D eigenvalue weighted by atomic mass is 35.5. The Bertz CT molecular complexity index is 1260. The number of rotatable bonds is 5. The van der Waals surface area contributed by atoms with Gasteiger partial charge in [-0.05, 0) is 29.8 Å². The van der Waals surface area contributed by atoms with Crippen LogP contribution in [0.15, 0.2) is 101 Å². The fourth-order valence-corrected chi connectivity index (χ4v) is 9.89. The van der Waals surface area contributed by atoms with E-state index in [9.17, 15) is 21.6 Å². The molecular formula is C23H20ClNO5S2. The Kier molecular flexibility index (Phi) is 5.87. The number of sulfone groups is 2. The number of piperidine rings is 1. The molecular weight excluding hydrogens is 470 g/mol. The summed E-state index contributed by atoms with van der Waals surface area (Å²) in [5.41, 5.74) is 0.350. The fraction of sp³-hybridized carbons (Fsp3) is 0.174. The van der Waals surface area contributed by atoms with Crippen LogP contribution >= 0.6 is 11.6 Å². The van der Waals surface area contributed by atoms with Crippen molar-refractivity contribution in [1.29, 1.82) is 0 Å². The van der Waals surface area contributed by atoms with E-state index in [1.807, 2.05) is 0 Å². The van der Waals surface area contributed by atoms with Gasteiger partial charge in [0.05, 0.1) is 15.8 Å². The van der Waals surface area contributed by atoms with Crippen LogP contribution in [0, 0.1) is 0 Å². The summed E-state index contributed by atoms with van der Waals surface area (Å²) in [7, 11) is -9.14. The van der Waals surface area contributed by atoms with Crippen molar-refractivity contribution in [3.8, 4) is 0 Å². The van der Waals surface area contributed by atoms with E-state index < -0.39 is 47.5 Å². The molecule has 6 nitrogen and oxygen atoms in total. The number of carbonyl (C=O) groups excluding carboxylic acids is 1. The van der Waals surface area contributed by atoms with Crippen molar-refractivity contribution in [2.24, 2.45) is 0 Å². The maximum Gasteiger partial charge on any atom is 0.238 e. The summed E-state index contributed by atoms with van der Waals surface area (Å²) in [5.74, 6) is -0.623. The average Bonchev–Trinajstić information content (AvgIpc) is 2.82. The van der Waals surface area contributed by atoms with E-state index in [1.165, 1.54) is 48.5 Å². The first kappa shape index (κ1) is 22.5. The van der Waals surface area contributed by atoms with Gasteiger partial charge in [-0.2, -0.15) is 0 Å². The lowest BCUT2D eigenvalue weighted by atomic mass is 9.95. The minimum absolute atomic E-state index is 0.166. The molecule has 166 valence electrons. The highest BCUT2D eigenvalue weighted by molar-refractivity contribution is 8.10. The summed E-state index contributed by atoms with van der Waals surface area (Å²) in [4.78, 5) is 12.2. The molecule has 1 aliphatic heterocycles. The quantitative estimate of drug-likeness (QED) is 0.553. The molecule has 2 atom stereocenters. The van der Waals surface area contributed by atoms with E-state index in [1.54, 1.807) is 42.5 Å². The normalized spacial score (nSPS) is 21.0. The highest BCUT2D eigenvalue weighted by Gasteiger charge is 2.65. The van der Waals surface area contributed by atoms with Crippen LogP contribution in [0.2, 0.25) is 0 Å². The predicted octanol–water partition coefficient (Wildman–Crippen LogP) is 3.50. The molecule has 1 aliphatic rings. The molecule has 9 heteroatoms. The van der Waals surface area contributed by atoms with Crippen molar-refractivity contribution in [2.75, 3.05) is 0 Å². The number of halogens is 1. The maximum absolute atomic E-state index is 14.2. The van der Waals surface area contributed by atoms with Crippen molar-refractivity contribution in [3.05, 3.63) is 96.6 Å². The third kappa shape index (κ3) is 3.43. The molecule has 32 heavy (non-hydrogen) atoms. The second-order valence-corrected chi connectivity index (χ2v) is 12.7. The molecule has 0 saturated carbocycles. The minimum atomic E-state index is -4.57. The molecule has 1 amide bonds. The number of hydrogen-bond donors (Lipinski definition) is 1. The van der Waals surface area contributed by atoms with E-state index in [2.05, 4.69) is 5.32 Å². The number of amides is 1. The van der Waals surface area contributed by atoms with Crippen LogP contribution in [-0.4, -0.2) is 32.2 Å². The standard InChI is InChI=1S/C23H20ClNO5S2/c24-20-16-23(31(27,28)18-12-6-2-7-13-18,32(29,30)19-14-8-3-9-15-19)21(25-22(20)26)17-10-4-1-5-11-17/h1-15,20-21H,16H2,(H,25,26)/t20-,21+/m0/s1. The van der Waals surface area contributed by atoms with Gasteiger partial charge in [0.1, 0.15) is 5.38 Å². The van der Waals surface area contributed by atoms with E-state index >= 15 is 0 Å². The van der Waals surface area contributed by atoms with Gasteiger partial charge in [-0.1, -0.05) is 66.7 Å². The van der Waals surface area contributed by atoms with Gasteiger partial charge < -0.3 is 5.32 Å². The number of hydrogen-bond acceptors (Lipinski definition) is 5. The van der Waals surface area contributed by atoms with E-state index in [-0.39, 0.29) is 9.79 Å². The monoisotopic (exact) mass is 489 g/mol. The Hall–Kier alpha value is -2.68. The smallest absolute Gasteiger partial charge is 0.238 e. The molecule has 0 bridgehead atoms. The molecule has 0 unspecified atom stereocenters. The molecule has 0 aromatic heterocycles. The summed E-state index contributed by atoms with van der Waals surface area (Å²) in [6.07, 6.45) is -0.603. The summed E-state index contributed by atoms with van der Waals surface area (Å²) >= 11 is 6.25. The zero-order valence-electron chi connectivity index (χ0n) is 16.8. The Morgan fingerprint density at radius 3 is 1.56 bits per heavy atom. The van der Waals surface area contributed by atoms with Gasteiger partial charge in [-0.15, -0.1) is 11.6 Å². The van der Waals surface area contributed by atoms with Crippen molar-refractivity contribution < 1.29 is 21.6 Å². The molecule has 3 aromatic carbocycles. The van der Waals surface area contributed by atoms with E-state index in [0.717, 1.165) is 0 Å². The molecule has 1 N–H and O–H groups in total. The van der Waals surface area contributed by atoms with Crippen LogP contribution in [0.1, 0.15) is 18.0 Å². The van der Waals surface area contributed by atoms with Crippen LogP contribution in [0.4, 0.5) is 0 Å². The van der Waals surface area contributed by atoms with Gasteiger partial charge >= 0.3 is 0 Å². The maximum atomic E-state index is 14.2. The second kappa shape index (κ2) is 8.35. The van der Waals surface area contributed by atoms with Crippen LogP contribution in [0.3, 0.4) is 0 Å². The SMILES string of the molecule is O=C1N[C@H](c2ccccc2)C(S(=O)(=O)c2ccccc2)(S(=O)(=O)c2ccccc2)C[C@@H]1Cl. The van der Waals surface area contributed by atoms with Gasteiger partial charge in [0.2, 0.25) is 29.7 Å². The third-order valence-corrected chi connectivity index (χ3v) is 11.7. The third-order valence-electron chi connectivity index (χ3n) is 5.62. The summed E-state index contributed by atoms with van der Waals surface area (Å²) in [6.45, 7) is 0. The van der Waals surface area contributed by atoms with E-state index in [4.69, 9.17) is 11.6 Å². The highest BCUT2D eigenvalue weighted by Crippen LogP contribution is 2.50. The Morgan fingerprint density at radius 2 is 1.12 bits per heavy atom. The molecule has 4 rings (SSSR count). The fourth-order valence-electron chi connectivity index (χ4n) is 4.06. The average molecular weight is 490 g/mol. The predicted molar refractivity (Wildman–Crippen MR) is 122 cm³/mol. The topological polar surface area (TPSA) is 97.4 Å². The minimum Gasteiger partial charge on any atom is -0.345 e. The largest absolute Gasteiger partial charge is 0.345 e. The Labute approximate surface area is 192 Å². The van der Waals surface area contributed by atoms with Crippen molar-refractivity contribution >= 4 is 37.2 Å². The molecule has 1 saturated heterocycles. The molecule has 3 aromatic rings. The van der Waals surface area contributed by atoms with Crippen LogP contribution in [0.5, 0.6) is 0 Å². The lowest BCUT2D eigenvalue weighted by Crippen LogP contribution is -2.62. The zero-order valence-corrected chi connectivity index (χ0v) is 19.1. The van der Waals surface area contributed by atoms with Gasteiger partial charge in [0.25, 0.3) is 0 Å². The van der Waals surface area contributed by atoms with Crippen molar-refractivity contribution in [2.45, 2.75) is 31.7 Å². The lowest BCUT2D eigenvalue weighted by molar-refractivity contribution is -0.123. The van der Waals surface area contributed by atoms with Gasteiger partial charge in [0.15, 0.2) is 0 Å². The summed E-state index contributed by atoms with van der Waals surface area (Å²) < 4.78 is 54.2. The Morgan fingerprint density at radius 1 is 0.719 bits per heavy atom. The molecule has 1 fully saturated rings. The van der Waals surface area contributed by atoms with Crippen molar-refractivity contribution in [1.82, 2.24) is 5.32 Å². The van der Waals surface area contributed by atoms with E-state index in [0.29, 0.717) is 5.56 Å². The van der Waals surface area contributed by atoms with Gasteiger partial charge in [-0.3, -0.25) is 4.79 Å². The molecule has 0 spiro atoms. The second-order valence-electron chi connectivity index (χ2n) is 7.47. The molecule has 0 radical (unpaired) electrons. The lowest BCUT2D eigenvalue weighted by Gasteiger charge is -2.44. The van der Waals surface area contributed by atoms with Gasteiger partial charge in [0, 0.05) is 6.42 Å².